The number of likely N-dealkylation sites (tertiary alicyclic amines) is 1. The smallest absolute Gasteiger partial charge is 0.262 e. The molecule has 1 aliphatic rings. The fourth-order valence-corrected chi connectivity index (χ4v) is 5.08. The summed E-state index contributed by atoms with van der Waals surface area (Å²) in [5.74, 6) is 0.379. The summed E-state index contributed by atoms with van der Waals surface area (Å²) in [6, 6.07) is 19.6. The molecule has 2 N–H and O–H groups in total. The van der Waals surface area contributed by atoms with E-state index in [-0.39, 0.29) is 17.0 Å². The first-order valence-corrected chi connectivity index (χ1v) is 12.1. The van der Waals surface area contributed by atoms with E-state index in [4.69, 9.17) is 0 Å². The van der Waals surface area contributed by atoms with Crippen molar-refractivity contribution < 1.29 is 4.79 Å². The minimum atomic E-state index is -0.517. The van der Waals surface area contributed by atoms with Crippen LogP contribution in [-0.2, 0) is 5.75 Å². The van der Waals surface area contributed by atoms with E-state index in [1.54, 1.807) is 4.90 Å². The lowest BCUT2D eigenvalue weighted by molar-refractivity contribution is 0.0791. The van der Waals surface area contributed by atoms with Crippen LogP contribution in [0.4, 0.5) is 0 Å². The zero-order valence-electron chi connectivity index (χ0n) is 18.7. The van der Waals surface area contributed by atoms with Crippen molar-refractivity contribution in [3.8, 4) is 28.3 Å². The maximum Gasteiger partial charge on any atom is 0.262 e. The molecule has 0 bridgehead atoms. The number of nitriles is 1. The molecular formula is C25H21N7O2S. The van der Waals surface area contributed by atoms with Gasteiger partial charge >= 0.3 is 0 Å². The van der Waals surface area contributed by atoms with E-state index < -0.39 is 5.56 Å². The van der Waals surface area contributed by atoms with Gasteiger partial charge in [0.05, 0.1) is 16.3 Å². The third-order valence-electron chi connectivity index (χ3n) is 5.89. The Morgan fingerprint density at radius 1 is 1.06 bits per heavy atom. The van der Waals surface area contributed by atoms with Crippen molar-refractivity contribution in [1.29, 1.82) is 5.26 Å². The summed E-state index contributed by atoms with van der Waals surface area (Å²) in [6.45, 7) is 1.19. The standard InChI is InChI=1S/C25H21N7O2S/c26-14-19-21(18-10-6-9-17(13-18)16-7-2-1-3-8-16)22(25(34)32-11-4-5-12-32)23(33)27-24(19)35-15-20-28-30-31-29-20/h1-3,6-10,13H,4-5,11-12,15H2,(H,27,33)(H,28,29,30,31). The van der Waals surface area contributed by atoms with Crippen LogP contribution in [0.25, 0.3) is 22.3 Å². The molecule has 0 spiro atoms. The molecule has 174 valence electrons. The minimum Gasteiger partial charge on any atom is -0.338 e. The number of carbonyl (C=O) groups is 1. The summed E-state index contributed by atoms with van der Waals surface area (Å²) in [4.78, 5) is 31.3. The zero-order chi connectivity index (χ0) is 24.2. The second-order valence-corrected chi connectivity index (χ2v) is 9.07. The Labute approximate surface area is 205 Å². The van der Waals surface area contributed by atoms with Crippen molar-refractivity contribution >= 4 is 17.7 Å². The van der Waals surface area contributed by atoms with Gasteiger partial charge in [0.15, 0.2) is 5.82 Å². The van der Waals surface area contributed by atoms with Crippen molar-refractivity contribution in [1.82, 2.24) is 30.5 Å². The van der Waals surface area contributed by atoms with Crippen molar-refractivity contribution in [2.45, 2.75) is 23.6 Å². The summed E-state index contributed by atoms with van der Waals surface area (Å²) >= 11 is 1.22. The van der Waals surface area contributed by atoms with E-state index in [1.807, 2.05) is 54.6 Å². The van der Waals surface area contributed by atoms with Gasteiger partial charge in [0.1, 0.15) is 11.6 Å². The molecule has 0 atom stereocenters. The van der Waals surface area contributed by atoms with Crippen LogP contribution in [0.3, 0.4) is 0 Å². The van der Waals surface area contributed by atoms with Crippen molar-refractivity contribution in [3.63, 3.8) is 0 Å². The van der Waals surface area contributed by atoms with Crippen molar-refractivity contribution in [2.75, 3.05) is 13.1 Å². The van der Waals surface area contributed by atoms with Crippen LogP contribution in [0.5, 0.6) is 0 Å². The van der Waals surface area contributed by atoms with E-state index in [9.17, 15) is 14.9 Å². The van der Waals surface area contributed by atoms with Crippen LogP contribution in [-0.4, -0.2) is 49.5 Å². The van der Waals surface area contributed by atoms with Crippen LogP contribution in [0.2, 0.25) is 0 Å². The molecule has 2 aromatic heterocycles. The molecule has 4 aromatic rings. The molecule has 9 nitrogen and oxygen atoms in total. The highest BCUT2D eigenvalue weighted by Crippen LogP contribution is 2.35. The zero-order valence-corrected chi connectivity index (χ0v) is 19.5. The molecule has 0 radical (unpaired) electrons. The van der Waals surface area contributed by atoms with Crippen molar-refractivity contribution in [2.24, 2.45) is 0 Å². The third-order valence-corrected chi connectivity index (χ3v) is 6.89. The first-order valence-electron chi connectivity index (χ1n) is 11.2. The second kappa shape index (κ2) is 9.95. The Morgan fingerprint density at radius 2 is 1.80 bits per heavy atom. The number of hydrogen-bond acceptors (Lipinski definition) is 7. The average molecular weight is 484 g/mol. The average Bonchev–Trinajstić information content (AvgIpc) is 3.62. The number of tetrazole rings is 1. The lowest BCUT2D eigenvalue weighted by Gasteiger charge is -2.19. The van der Waals surface area contributed by atoms with Gasteiger partial charge in [-0.3, -0.25) is 9.59 Å². The van der Waals surface area contributed by atoms with E-state index >= 15 is 0 Å². The highest BCUT2D eigenvalue weighted by atomic mass is 32.2. The number of carbonyl (C=O) groups excluding carboxylic acids is 1. The second-order valence-electron chi connectivity index (χ2n) is 8.08. The summed E-state index contributed by atoms with van der Waals surface area (Å²) in [5, 5.41) is 24.4. The summed E-state index contributed by atoms with van der Waals surface area (Å²) in [7, 11) is 0. The molecule has 1 saturated heterocycles. The van der Waals surface area contributed by atoms with Gasteiger partial charge in [0, 0.05) is 18.7 Å². The molecule has 5 rings (SSSR count). The number of aromatic nitrogens is 5. The predicted octanol–water partition coefficient (Wildman–Crippen LogP) is 3.62. The number of nitrogens with zero attached hydrogens (tertiary/aromatic N) is 5. The number of pyridine rings is 1. The SMILES string of the molecule is N#Cc1c(SCc2nn[nH]n2)[nH]c(=O)c(C(=O)N2CCCC2)c1-c1cccc(-c2ccccc2)c1. The van der Waals surface area contributed by atoms with Gasteiger partial charge in [-0.05, 0) is 35.6 Å². The summed E-state index contributed by atoms with van der Waals surface area (Å²) < 4.78 is 0. The fourth-order valence-electron chi connectivity index (χ4n) is 4.23. The molecule has 0 unspecified atom stereocenters. The van der Waals surface area contributed by atoms with Gasteiger partial charge in [-0.25, -0.2) is 0 Å². The van der Waals surface area contributed by atoms with Gasteiger partial charge in [-0.2, -0.15) is 10.5 Å². The molecule has 1 fully saturated rings. The predicted molar refractivity (Wildman–Crippen MR) is 132 cm³/mol. The monoisotopic (exact) mass is 483 g/mol. The number of amides is 1. The molecule has 2 aromatic carbocycles. The largest absolute Gasteiger partial charge is 0.338 e. The van der Waals surface area contributed by atoms with Crippen LogP contribution in [0, 0.1) is 11.3 Å². The third kappa shape index (κ3) is 4.58. The summed E-state index contributed by atoms with van der Waals surface area (Å²) in [5.41, 5.74) is 2.63. The van der Waals surface area contributed by atoms with Gasteiger partial charge in [-0.1, -0.05) is 65.5 Å². The maximum atomic E-state index is 13.5. The Morgan fingerprint density at radius 3 is 2.51 bits per heavy atom. The summed E-state index contributed by atoms with van der Waals surface area (Å²) in [6.07, 6.45) is 1.79. The number of rotatable bonds is 6. The molecule has 3 heterocycles. The Kier molecular flexibility index (Phi) is 6.41. The van der Waals surface area contributed by atoms with E-state index in [2.05, 4.69) is 31.7 Å². The Hall–Kier alpha value is -4.23. The molecule has 1 amide bonds. The van der Waals surface area contributed by atoms with Gasteiger partial charge in [0.2, 0.25) is 0 Å². The first-order chi connectivity index (χ1) is 17.2. The first kappa shape index (κ1) is 22.6. The number of hydrogen-bond donors (Lipinski definition) is 2. The molecular weight excluding hydrogens is 462 g/mol. The molecule has 10 heteroatoms. The highest BCUT2D eigenvalue weighted by molar-refractivity contribution is 7.98. The van der Waals surface area contributed by atoms with Gasteiger partial charge in [0.25, 0.3) is 11.5 Å². The number of aromatic amines is 2. The van der Waals surface area contributed by atoms with Crippen LogP contribution in [0.1, 0.15) is 34.6 Å². The number of thioether (sulfide) groups is 1. The topological polar surface area (TPSA) is 131 Å². The molecule has 0 saturated carbocycles. The highest BCUT2D eigenvalue weighted by Gasteiger charge is 2.29. The van der Waals surface area contributed by atoms with Crippen molar-refractivity contribution in [3.05, 3.63) is 81.9 Å². The number of H-pyrrole nitrogens is 2. The number of benzene rings is 2. The maximum absolute atomic E-state index is 13.5. The Bertz CT molecular complexity index is 1450. The lowest BCUT2D eigenvalue weighted by Crippen LogP contribution is -2.33. The normalized spacial score (nSPS) is 13.1. The molecule has 35 heavy (non-hydrogen) atoms. The number of nitrogens with one attached hydrogen (secondary N) is 2. The Balaban J connectivity index is 1.68. The van der Waals surface area contributed by atoms with Crippen LogP contribution in [0.15, 0.2) is 64.4 Å². The van der Waals surface area contributed by atoms with E-state index in [0.29, 0.717) is 40.8 Å². The molecule has 1 aliphatic heterocycles. The van der Waals surface area contributed by atoms with E-state index in [0.717, 1.165) is 24.0 Å². The van der Waals surface area contributed by atoms with E-state index in [1.165, 1.54) is 11.8 Å². The minimum absolute atomic E-state index is 0.00225. The fraction of sp³-hybridized carbons (Fsp3) is 0.200. The van der Waals surface area contributed by atoms with Crippen LogP contribution >= 0.6 is 11.8 Å². The van der Waals surface area contributed by atoms with Crippen LogP contribution < -0.4 is 5.56 Å². The lowest BCUT2D eigenvalue weighted by atomic mass is 9.93. The quantitative estimate of drug-likeness (QED) is 0.400. The van der Waals surface area contributed by atoms with Gasteiger partial charge in [-0.15, -0.1) is 10.2 Å². The molecule has 0 aliphatic carbocycles. The van der Waals surface area contributed by atoms with Gasteiger partial charge < -0.3 is 9.88 Å².